The van der Waals surface area contributed by atoms with Crippen molar-refractivity contribution in [3.63, 3.8) is 0 Å². The lowest BCUT2D eigenvalue weighted by Crippen LogP contribution is -2.34. The average Bonchev–Trinajstić information content (AvgIpc) is 3.11. The van der Waals surface area contributed by atoms with Crippen molar-refractivity contribution in [2.75, 3.05) is 13.1 Å². The van der Waals surface area contributed by atoms with Crippen LogP contribution in [0.3, 0.4) is 0 Å². The number of aromatic nitrogens is 3. The number of carbonyl (C=O) groups is 1. The molecule has 3 heterocycles. The molecule has 1 aromatic carbocycles. The largest absolute Gasteiger partial charge is 0.333 e. The van der Waals surface area contributed by atoms with E-state index in [1.165, 1.54) is 22.8 Å². The number of rotatable bonds is 3. The van der Waals surface area contributed by atoms with Crippen LogP contribution < -0.4 is 0 Å². The molecule has 0 saturated carbocycles. The molecule has 1 aliphatic rings. The van der Waals surface area contributed by atoms with Crippen molar-refractivity contribution in [1.29, 1.82) is 0 Å². The molecule has 0 fully saturated rings. The molecule has 0 N–H and O–H groups in total. The van der Waals surface area contributed by atoms with Gasteiger partial charge in [0.25, 0.3) is 11.6 Å². The first-order chi connectivity index (χ1) is 13.0. The van der Waals surface area contributed by atoms with Crippen LogP contribution in [0.1, 0.15) is 22.5 Å². The third-order valence-electron chi connectivity index (χ3n) is 4.45. The fourth-order valence-electron chi connectivity index (χ4n) is 3.03. The van der Waals surface area contributed by atoms with E-state index in [1.54, 1.807) is 29.3 Å². The summed E-state index contributed by atoms with van der Waals surface area (Å²) >= 11 is 5.89. The predicted molar refractivity (Wildman–Crippen MR) is 99.6 cm³/mol. The molecule has 1 amide bonds. The number of halogens is 1. The first-order valence-corrected chi connectivity index (χ1v) is 8.63. The van der Waals surface area contributed by atoms with Gasteiger partial charge in [-0.15, -0.1) is 0 Å². The van der Waals surface area contributed by atoms with Gasteiger partial charge in [-0.1, -0.05) is 17.7 Å². The zero-order valence-corrected chi connectivity index (χ0v) is 14.8. The number of non-ortho nitro benzene ring substituents is 1. The monoisotopic (exact) mass is 383 g/mol. The smallest absolute Gasteiger partial charge is 0.274 e. The molecule has 27 heavy (non-hydrogen) atoms. The number of benzene rings is 1. The lowest BCUT2D eigenvalue weighted by Gasteiger charge is -2.26. The minimum absolute atomic E-state index is 0.0625. The Labute approximate surface area is 158 Å². The van der Waals surface area contributed by atoms with E-state index in [9.17, 15) is 14.9 Å². The molecule has 0 radical (unpaired) electrons. The van der Waals surface area contributed by atoms with E-state index >= 15 is 0 Å². The zero-order chi connectivity index (χ0) is 19.0. The number of nitro groups is 1. The Balaban J connectivity index is 1.50. The van der Waals surface area contributed by atoms with Gasteiger partial charge in [-0.3, -0.25) is 14.9 Å². The van der Waals surface area contributed by atoms with Crippen molar-refractivity contribution in [3.05, 3.63) is 75.2 Å². The van der Waals surface area contributed by atoms with Crippen molar-refractivity contribution in [2.24, 2.45) is 0 Å². The van der Waals surface area contributed by atoms with Crippen molar-refractivity contribution in [1.82, 2.24) is 19.5 Å². The van der Waals surface area contributed by atoms with Crippen LogP contribution in [-0.2, 0) is 0 Å². The zero-order valence-electron chi connectivity index (χ0n) is 14.1. The summed E-state index contributed by atoms with van der Waals surface area (Å²) in [6, 6.07) is 8.08. The standard InChI is InChI=1S/C18H14ClN5O3/c19-14-10-20-17-9-16(21-23(17)11-14)18(25)22-7-5-13(6-8-22)12-1-3-15(4-2-12)24(26)27/h1-5,9-11H,6-8H2. The number of nitrogens with zero attached hydrogens (tertiary/aromatic N) is 5. The molecular weight excluding hydrogens is 370 g/mol. The van der Waals surface area contributed by atoms with Crippen molar-refractivity contribution >= 4 is 34.4 Å². The highest BCUT2D eigenvalue weighted by molar-refractivity contribution is 6.30. The van der Waals surface area contributed by atoms with Crippen molar-refractivity contribution < 1.29 is 9.72 Å². The van der Waals surface area contributed by atoms with Gasteiger partial charge in [0.05, 0.1) is 16.1 Å². The van der Waals surface area contributed by atoms with Crippen LogP contribution in [0.4, 0.5) is 5.69 Å². The SMILES string of the molecule is O=C(c1cc2ncc(Cl)cn2n1)N1CC=C(c2ccc([N+](=O)[O-])cc2)CC1. The normalized spacial score (nSPS) is 14.3. The molecule has 9 heteroatoms. The minimum Gasteiger partial charge on any atom is -0.333 e. The molecule has 2 aromatic heterocycles. The summed E-state index contributed by atoms with van der Waals surface area (Å²) in [5.74, 6) is -0.171. The first kappa shape index (κ1) is 17.2. The van der Waals surface area contributed by atoms with Gasteiger partial charge in [0.2, 0.25) is 0 Å². The van der Waals surface area contributed by atoms with Crippen LogP contribution in [0.15, 0.2) is 48.8 Å². The van der Waals surface area contributed by atoms with E-state index in [0.29, 0.717) is 35.9 Å². The van der Waals surface area contributed by atoms with E-state index in [2.05, 4.69) is 10.1 Å². The molecule has 8 nitrogen and oxygen atoms in total. The number of amides is 1. The summed E-state index contributed by atoms with van der Waals surface area (Å²) in [7, 11) is 0. The fourth-order valence-corrected chi connectivity index (χ4v) is 3.17. The Morgan fingerprint density at radius 3 is 2.70 bits per heavy atom. The maximum atomic E-state index is 12.7. The second-order valence-electron chi connectivity index (χ2n) is 6.14. The lowest BCUT2D eigenvalue weighted by atomic mass is 9.99. The van der Waals surface area contributed by atoms with Gasteiger partial charge < -0.3 is 4.90 Å². The lowest BCUT2D eigenvalue weighted by molar-refractivity contribution is -0.384. The molecule has 0 atom stereocenters. The molecule has 0 aliphatic carbocycles. The highest BCUT2D eigenvalue weighted by Gasteiger charge is 2.22. The van der Waals surface area contributed by atoms with Gasteiger partial charge in [0.15, 0.2) is 11.3 Å². The molecule has 0 spiro atoms. The Morgan fingerprint density at radius 2 is 2.04 bits per heavy atom. The summed E-state index contributed by atoms with van der Waals surface area (Å²) in [5, 5.41) is 15.4. The van der Waals surface area contributed by atoms with Crippen LogP contribution in [0.5, 0.6) is 0 Å². The third kappa shape index (κ3) is 3.39. The highest BCUT2D eigenvalue weighted by atomic mass is 35.5. The fraction of sp³-hybridized carbons (Fsp3) is 0.167. The van der Waals surface area contributed by atoms with E-state index in [4.69, 9.17) is 11.6 Å². The molecule has 1 aliphatic heterocycles. The molecule has 136 valence electrons. The van der Waals surface area contributed by atoms with Crippen molar-refractivity contribution in [2.45, 2.75) is 6.42 Å². The average molecular weight is 384 g/mol. The number of hydrogen-bond acceptors (Lipinski definition) is 5. The van der Waals surface area contributed by atoms with Gasteiger partial charge in [0, 0.05) is 37.5 Å². The number of fused-ring (bicyclic) bond motifs is 1. The van der Waals surface area contributed by atoms with Crippen LogP contribution in [0.2, 0.25) is 5.02 Å². The third-order valence-corrected chi connectivity index (χ3v) is 4.64. The Bertz CT molecular complexity index is 1070. The van der Waals surface area contributed by atoms with E-state index in [0.717, 1.165) is 11.1 Å². The Morgan fingerprint density at radius 1 is 1.26 bits per heavy atom. The van der Waals surface area contributed by atoms with Crippen molar-refractivity contribution in [3.8, 4) is 0 Å². The molecule has 0 saturated heterocycles. The molecule has 0 unspecified atom stereocenters. The van der Waals surface area contributed by atoms with Gasteiger partial charge in [0.1, 0.15) is 0 Å². The van der Waals surface area contributed by atoms with Crippen LogP contribution in [0.25, 0.3) is 11.2 Å². The summed E-state index contributed by atoms with van der Waals surface area (Å²) in [6.45, 7) is 0.997. The van der Waals surface area contributed by atoms with Gasteiger partial charge in [-0.05, 0) is 29.7 Å². The highest BCUT2D eigenvalue weighted by Crippen LogP contribution is 2.25. The second kappa shape index (κ2) is 6.81. The topological polar surface area (TPSA) is 93.6 Å². The quantitative estimate of drug-likeness (QED) is 0.511. The predicted octanol–water partition coefficient (Wildman–Crippen LogP) is 3.22. The number of nitro benzene ring substituents is 1. The maximum absolute atomic E-state index is 12.7. The van der Waals surface area contributed by atoms with Gasteiger partial charge in [-0.2, -0.15) is 5.10 Å². The molecule has 4 rings (SSSR count). The number of carbonyl (C=O) groups excluding carboxylic acids is 1. The van der Waals surface area contributed by atoms with E-state index < -0.39 is 4.92 Å². The maximum Gasteiger partial charge on any atom is 0.274 e. The van der Waals surface area contributed by atoms with E-state index in [1.807, 2.05) is 6.08 Å². The molecular formula is C18H14ClN5O3. The van der Waals surface area contributed by atoms with Crippen LogP contribution in [-0.4, -0.2) is 43.4 Å². The summed E-state index contributed by atoms with van der Waals surface area (Å²) in [5.41, 5.74) is 2.93. The molecule has 0 bridgehead atoms. The summed E-state index contributed by atoms with van der Waals surface area (Å²) in [4.78, 5) is 28.9. The second-order valence-corrected chi connectivity index (χ2v) is 6.58. The van der Waals surface area contributed by atoms with Crippen LogP contribution in [0, 0.1) is 10.1 Å². The van der Waals surface area contributed by atoms with E-state index in [-0.39, 0.29) is 11.6 Å². The van der Waals surface area contributed by atoms with Gasteiger partial charge >= 0.3 is 0 Å². The first-order valence-electron chi connectivity index (χ1n) is 8.25. The Kier molecular flexibility index (Phi) is 4.33. The minimum atomic E-state index is -0.420. The number of hydrogen-bond donors (Lipinski definition) is 0. The molecule has 3 aromatic rings. The summed E-state index contributed by atoms with van der Waals surface area (Å²) in [6.07, 6.45) is 5.74. The summed E-state index contributed by atoms with van der Waals surface area (Å²) < 4.78 is 1.48. The van der Waals surface area contributed by atoms with Crippen LogP contribution >= 0.6 is 11.6 Å². The Hall–Kier alpha value is -3.26. The van der Waals surface area contributed by atoms with Gasteiger partial charge in [-0.25, -0.2) is 9.50 Å².